The molecule has 1 heterocycles. The van der Waals surface area contributed by atoms with Crippen molar-refractivity contribution in [2.24, 2.45) is 0 Å². The number of rotatable bonds is 4. The minimum absolute atomic E-state index is 0.0990. The third kappa shape index (κ3) is 3.68. The molecule has 0 bridgehead atoms. The second-order valence-electron chi connectivity index (χ2n) is 5.93. The van der Waals surface area contributed by atoms with Crippen molar-refractivity contribution >= 4 is 10.0 Å². The Morgan fingerprint density at radius 3 is 2.11 bits per heavy atom. The molecule has 2 fully saturated rings. The Kier molecular flexibility index (Phi) is 4.67. The van der Waals surface area contributed by atoms with Gasteiger partial charge in [-0.25, -0.2) is 13.1 Å². The maximum atomic E-state index is 11.4. The Balaban J connectivity index is 2.06. The van der Waals surface area contributed by atoms with Crippen LogP contribution in [0.4, 0.5) is 0 Å². The predicted octanol–water partition coefficient (Wildman–Crippen LogP) is 1.72. The summed E-state index contributed by atoms with van der Waals surface area (Å²) in [7, 11) is -3.08. The van der Waals surface area contributed by atoms with Gasteiger partial charge in [-0.15, -0.1) is 0 Å². The van der Waals surface area contributed by atoms with Gasteiger partial charge < -0.3 is 0 Å². The molecule has 1 aliphatic heterocycles. The maximum absolute atomic E-state index is 11.4. The number of likely N-dealkylation sites (tertiary alicyclic amines) is 1. The number of hydrogen-bond donors (Lipinski definition) is 1. The Morgan fingerprint density at radius 1 is 1.00 bits per heavy atom. The Hall–Kier alpha value is -0.130. The smallest absolute Gasteiger partial charge is 0.208 e. The van der Waals surface area contributed by atoms with Crippen molar-refractivity contribution in [3.63, 3.8) is 0 Å². The molecule has 1 N–H and O–H groups in total. The van der Waals surface area contributed by atoms with E-state index in [1.54, 1.807) is 0 Å². The van der Waals surface area contributed by atoms with E-state index in [0.29, 0.717) is 6.54 Å². The first-order chi connectivity index (χ1) is 8.52. The topological polar surface area (TPSA) is 49.4 Å². The van der Waals surface area contributed by atoms with Gasteiger partial charge in [0.15, 0.2) is 0 Å². The van der Waals surface area contributed by atoms with Crippen LogP contribution in [0, 0.1) is 0 Å². The Labute approximate surface area is 111 Å². The lowest BCUT2D eigenvalue weighted by molar-refractivity contribution is 0.0376. The molecule has 0 amide bonds. The molecule has 1 aliphatic carbocycles. The van der Waals surface area contributed by atoms with E-state index in [1.165, 1.54) is 44.8 Å². The monoisotopic (exact) mass is 274 g/mol. The number of hydrogen-bond acceptors (Lipinski definition) is 3. The molecule has 0 radical (unpaired) electrons. The van der Waals surface area contributed by atoms with Crippen LogP contribution in [0.25, 0.3) is 0 Å². The molecule has 1 saturated heterocycles. The minimum atomic E-state index is -3.08. The lowest BCUT2D eigenvalue weighted by Crippen LogP contribution is -2.58. The summed E-state index contributed by atoms with van der Waals surface area (Å²) >= 11 is 0. The number of nitrogens with zero attached hydrogens (tertiary/aromatic N) is 1. The average molecular weight is 274 g/mol. The van der Waals surface area contributed by atoms with Crippen molar-refractivity contribution in [3.05, 3.63) is 0 Å². The van der Waals surface area contributed by atoms with Gasteiger partial charge in [0.1, 0.15) is 0 Å². The lowest BCUT2D eigenvalue weighted by Gasteiger charge is -2.48. The van der Waals surface area contributed by atoms with Crippen LogP contribution < -0.4 is 4.72 Å². The molecule has 0 aromatic rings. The molecule has 2 rings (SSSR count). The van der Waals surface area contributed by atoms with E-state index in [4.69, 9.17) is 0 Å². The van der Waals surface area contributed by atoms with E-state index < -0.39 is 10.0 Å². The van der Waals surface area contributed by atoms with Gasteiger partial charge in [0.2, 0.25) is 10.0 Å². The summed E-state index contributed by atoms with van der Waals surface area (Å²) in [5, 5.41) is 0. The summed E-state index contributed by atoms with van der Waals surface area (Å²) < 4.78 is 25.5. The van der Waals surface area contributed by atoms with Crippen LogP contribution in [0.5, 0.6) is 0 Å². The fraction of sp³-hybridized carbons (Fsp3) is 1.00. The van der Waals surface area contributed by atoms with Gasteiger partial charge in [-0.3, -0.25) is 4.90 Å². The molecule has 106 valence electrons. The molecular weight excluding hydrogens is 248 g/mol. The molecule has 0 spiro atoms. The van der Waals surface area contributed by atoms with Gasteiger partial charge in [0.25, 0.3) is 0 Å². The van der Waals surface area contributed by atoms with E-state index in [-0.39, 0.29) is 5.54 Å². The first-order valence-electron chi connectivity index (χ1n) is 7.22. The SMILES string of the molecule is CS(=O)(=O)NCC1(N2CCCCC2)CCCCC1. The molecule has 4 nitrogen and oxygen atoms in total. The van der Waals surface area contributed by atoms with Crippen molar-refractivity contribution < 1.29 is 8.42 Å². The highest BCUT2D eigenvalue weighted by atomic mass is 32.2. The molecule has 0 unspecified atom stereocenters. The van der Waals surface area contributed by atoms with Gasteiger partial charge >= 0.3 is 0 Å². The number of sulfonamides is 1. The summed E-state index contributed by atoms with van der Waals surface area (Å²) in [5.41, 5.74) is 0.0990. The Bertz CT molecular complexity index is 355. The van der Waals surface area contributed by atoms with Gasteiger partial charge in [0.05, 0.1) is 6.26 Å². The summed E-state index contributed by atoms with van der Waals surface area (Å²) in [6.07, 6.45) is 11.2. The average Bonchev–Trinajstić information content (AvgIpc) is 2.38. The maximum Gasteiger partial charge on any atom is 0.208 e. The van der Waals surface area contributed by atoms with Crippen LogP contribution in [0.2, 0.25) is 0 Å². The standard InChI is InChI=1S/C13H26N2O2S/c1-18(16,17)14-12-13(8-4-2-5-9-13)15-10-6-3-7-11-15/h14H,2-12H2,1H3. The van der Waals surface area contributed by atoms with Crippen LogP contribution in [-0.2, 0) is 10.0 Å². The predicted molar refractivity (Wildman–Crippen MR) is 74.1 cm³/mol. The molecule has 0 aromatic carbocycles. The summed E-state index contributed by atoms with van der Waals surface area (Å²) in [4.78, 5) is 2.56. The highest BCUT2D eigenvalue weighted by molar-refractivity contribution is 7.88. The van der Waals surface area contributed by atoms with Crippen LogP contribution in [-0.4, -0.2) is 44.7 Å². The van der Waals surface area contributed by atoms with E-state index in [1.807, 2.05) is 0 Å². The third-order valence-corrected chi connectivity index (χ3v) is 5.14. The zero-order chi connectivity index (χ0) is 13.1. The minimum Gasteiger partial charge on any atom is -0.296 e. The molecule has 0 aromatic heterocycles. The van der Waals surface area contributed by atoms with E-state index in [0.717, 1.165) is 25.9 Å². The molecule has 2 aliphatic rings. The molecule has 0 atom stereocenters. The first-order valence-corrected chi connectivity index (χ1v) is 9.11. The van der Waals surface area contributed by atoms with Crippen molar-refractivity contribution in [3.8, 4) is 0 Å². The zero-order valence-corrected chi connectivity index (χ0v) is 12.3. The number of piperidine rings is 1. The zero-order valence-electron chi connectivity index (χ0n) is 11.5. The van der Waals surface area contributed by atoms with Crippen molar-refractivity contribution in [1.29, 1.82) is 0 Å². The molecule has 18 heavy (non-hydrogen) atoms. The summed E-state index contributed by atoms with van der Waals surface area (Å²) in [5.74, 6) is 0. The highest BCUT2D eigenvalue weighted by Gasteiger charge is 2.38. The summed E-state index contributed by atoms with van der Waals surface area (Å²) in [6.45, 7) is 2.89. The van der Waals surface area contributed by atoms with Gasteiger partial charge in [-0.05, 0) is 38.8 Å². The third-order valence-electron chi connectivity index (χ3n) is 4.47. The van der Waals surface area contributed by atoms with Crippen molar-refractivity contribution in [2.75, 3.05) is 25.9 Å². The molecule has 1 saturated carbocycles. The number of nitrogens with one attached hydrogen (secondary N) is 1. The largest absolute Gasteiger partial charge is 0.296 e. The van der Waals surface area contributed by atoms with E-state index in [9.17, 15) is 8.42 Å². The first kappa shape index (κ1) is 14.3. The molecular formula is C13H26N2O2S. The van der Waals surface area contributed by atoms with Crippen molar-refractivity contribution in [2.45, 2.75) is 56.9 Å². The van der Waals surface area contributed by atoms with Crippen LogP contribution in [0.3, 0.4) is 0 Å². The van der Waals surface area contributed by atoms with Gasteiger partial charge in [-0.2, -0.15) is 0 Å². The van der Waals surface area contributed by atoms with Crippen LogP contribution >= 0.6 is 0 Å². The van der Waals surface area contributed by atoms with Crippen molar-refractivity contribution in [1.82, 2.24) is 9.62 Å². The normalized spacial score (nSPS) is 26.1. The Morgan fingerprint density at radius 2 is 1.56 bits per heavy atom. The van der Waals surface area contributed by atoms with Crippen LogP contribution in [0.1, 0.15) is 51.4 Å². The van der Waals surface area contributed by atoms with E-state index >= 15 is 0 Å². The fourth-order valence-corrected chi connectivity index (χ4v) is 3.98. The molecule has 5 heteroatoms. The second-order valence-corrected chi connectivity index (χ2v) is 7.76. The van der Waals surface area contributed by atoms with Gasteiger partial charge in [-0.1, -0.05) is 25.7 Å². The highest BCUT2D eigenvalue weighted by Crippen LogP contribution is 2.35. The quantitative estimate of drug-likeness (QED) is 0.849. The van der Waals surface area contributed by atoms with Gasteiger partial charge in [0, 0.05) is 12.1 Å². The summed E-state index contributed by atoms with van der Waals surface area (Å²) in [6, 6.07) is 0. The second kappa shape index (κ2) is 5.88. The van der Waals surface area contributed by atoms with Crippen LogP contribution in [0.15, 0.2) is 0 Å². The van der Waals surface area contributed by atoms with E-state index in [2.05, 4.69) is 9.62 Å². The fourth-order valence-electron chi connectivity index (χ4n) is 3.45. The lowest BCUT2D eigenvalue weighted by atomic mass is 9.79.